The van der Waals surface area contributed by atoms with E-state index in [2.05, 4.69) is 29.1 Å². The fourth-order valence-corrected chi connectivity index (χ4v) is 3.65. The molecule has 118 valence electrons. The number of hydrogen-bond donors (Lipinski definition) is 1. The molecule has 4 heteroatoms. The summed E-state index contributed by atoms with van der Waals surface area (Å²) in [7, 11) is 1.69. The normalized spacial score (nSPS) is 25.8. The van der Waals surface area contributed by atoms with Gasteiger partial charge in [0.15, 0.2) is 0 Å². The van der Waals surface area contributed by atoms with E-state index in [1.807, 2.05) is 0 Å². The highest BCUT2D eigenvalue weighted by atomic mass is 16.5. The van der Waals surface area contributed by atoms with Crippen LogP contribution in [0.4, 0.5) is 0 Å². The molecule has 21 heavy (non-hydrogen) atoms. The minimum absolute atomic E-state index is 0.470. The van der Waals surface area contributed by atoms with Gasteiger partial charge in [0.25, 0.3) is 0 Å². The molecule has 3 unspecified atom stereocenters. The smallest absolute Gasteiger partial charge is 0.235 e. The molecule has 0 saturated heterocycles. The lowest BCUT2D eigenvalue weighted by Gasteiger charge is -2.36. The van der Waals surface area contributed by atoms with E-state index >= 15 is 0 Å². The van der Waals surface area contributed by atoms with Gasteiger partial charge in [-0.15, -0.1) is 0 Å². The first-order valence-electron chi connectivity index (χ1n) is 8.35. The maximum atomic E-state index is 5.45. The highest BCUT2D eigenvalue weighted by Gasteiger charge is 2.33. The molecule has 0 amide bonds. The van der Waals surface area contributed by atoms with Gasteiger partial charge in [-0.2, -0.15) is 0 Å². The van der Waals surface area contributed by atoms with Crippen molar-refractivity contribution < 1.29 is 4.74 Å². The van der Waals surface area contributed by atoms with Crippen LogP contribution in [0.1, 0.15) is 57.6 Å². The number of aromatic nitrogens is 2. The summed E-state index contributed by atoms with van der Waals surface area (Å²) in [5, 5.41) is 3.51. The van der Waals surface area contributed by atoms with Crippen molar-refractivity contribution in [3.05, 3.63) is 18.1 Å². The van der Waals surface area contributed by atoms with Gasteiger partial charge in [0.1, 0.15) is 5.69 Å². The first kappa shape index (κ1) is 16.2. The number of rotatable bonds is 7. The fraction of sp³-hybridized carbons (Fsp3) is 0.765. The summed E-state index contributed by atoms with van der Waals surface area (Å²) in [4.78, 5) is 8.96. The Kier molecular flexibility index (Phi) is 6.43. The molecular formula is C17H29N3O. The lowest BCUT2D eigenvalue weighted by atomic mass is 9.71. The fourth-order valence-electron chi connectivity index (χ4n) is 3.65. The lowest BCUT2D eigenvalue weighted by molar-refractivity contribution is 0.213. The maximum Gasteiger partial charge on any atom is 0.235 e. The van der Waals surface area contributed by atoms with Crippen LogP contribution < -0.4 is 10.1 Å². The number of ether oxygens (including phenoxy) is 1. The summed E-state index contributed by atoms with van der Waals surface area (Å²) in [6.07, 6.45) is 9.96. The second-order valence-electron chi connectivity index (χ2n) is 6.09. The van der Waals surface area contributed by atoms with Crippen molar-refractivity contribution >= 4 is 0 Å². The summed E-state index contributed by atoms with van der Waals surface area (Å²) in [5.41, 5.74) is 1.06. The van der Waals surface area contributed by atoms with Crippen molar-refractivity contribution in [2.24, 2.45) is 11.8 Å². The lowest BCUT2D eigenvalue weighted by Crippen LogP contribution is -2.32. The standard InChI is InChI=1S/C17H29N3O/c1-4-6-13-7-8-14(12-18-5-2)15(11-13)16-17(21-3)20-10-9-19-16/h9-10,13-15,18H,4-8,11-12H2,1-3H3. The van der Waals surface area contributed by atoms with Gasteiger partial charge in [-0.3, -0.25) is 4.98 Å². The first-order chi connectivity index (χ1) is 10.3. The number of nitrogens with zero attached hydrogens (tertiary/aromatic N) is 2. The Morgan fingerprint density at radius 2 is 2.05 bits per heavy atom. The molecule has 2 rings (SSSR count). The molecule has 1 fully saturated rings. The average Bonchev–Trinajstić information content (AvgIpc) is 2.54. The zero-order valence-electron chi connectivity index (χ0n) is 13.6. The van der Waals surface area contributed by atoms with Gasteiger partial charge in [0, 0.05) is 18.3 Å². The topological polar surface area (TPSA) is 47.0 Å². The molecule has 1 saturated carbocycles. The Balaban J connectivity index is 2.19. The summed E-state index contributed by atoms with van der Waals surface area (Å²) in [5.74, 6) is 2.65. The third-order valence-corrected chi connectivity index (χ3v) is 4.69. The largest absolute Gasteiger partial charge is 0.480 e. The molecule has 1 N–H and O–H groups in total. The SMILES string of the molecule is CCCC1CCC(CNCC)C(c2nccnc2OC)C1. The Labute approximate surface area is 128 Å². The van der Waals surface area contributed by atoms with Gasteiger partial charge in [-0.05, 0) is 37.8 Å². The molecule has 1 aliphatic carbocycles. The maximum absolute atomic E-state index is 5.45. The van der Waals surface area contributed by atoms with E-state index in [-0.39, 0.29) is 0 Å². The molecule has 0 aromatic carbocycles. The van der Waals surface area contributed by atoms with E-state index < -0.39 is 0 Å². The molecule has 0 bridgehead atoms. The number of methoxy groups -OCH3 is 1. The molecule has 0 radical (unpaired) electrons. The van der Waals surface area contributed by atoms with Crippen molar-refractivity contribution in [1.82, 2.24) is 15.3 Å². The van der Waals surface area contributed by atoms with Gasteiger partial charge in [-0.25, -0.2) is 4.98 Å². The minimum Gasteiger partial charge on any atom is -0.480 e. The van der Waals surface area contributed by atoms with E-state index in [1.165, 1.54) is 32.1 Å². The zero-order chi connectivity index (χ0) is 15.1. The molecular weight excluding hydrogens is 262 g/mol. The first-order valence-corrected chi connectivity index (χ1v) is 8.35. The van der Waals surface area contributed by atoms with Gasteiger partial charge < -0.3 is 10.1 Å². The quantitative estimate of drug-likeness (QED) is 0.836. The van der Waals surface area contributed by atoms with Crippen LogP contribution in [0.25, 0.3) is 0 Å². The van der Waals surface area contributed by atoms with Crippen LogP contribution in [0, 0.1) is 11.8 Å². The predicted molar refractivity (Wildman–Crippen MR) is 85.6 cm³/mol. The Hall–Kier alpha value is -1.16. The molecule has 1 aromatic heterocycles. The summed E-state index contributed by atoms with van der Waals surface area (Å²) in [6, 6.07) is 0. The van der Waals surface area contributed by atoms with Crippen LogP contribution in [0.2, 0.25) is 0 Å². The predicted octanol–water partition coefficient (Wildman–Crippen LogP) is 3.39. The zero-order valence-corrected chi connectivity index (χ0v) is 13.6. The van der Waals surface area contributed by atoms with Crippen molar-refractivity contribution in [3.63, 3.8) is 0 Å². The third-order valence-electron chi connectivity index (χ3n) is 4.69. The molecule has 1 aromatic rings. The second-order valence-corrected chi connectivity index (χ2v) is 6.09. The third kappa shape index (κ3) is 4.16. The van der Waals surface area contributed by atoms with Crippen molar-refractivity contribution in [2.45, 2.75) is 51.9 Å². The molecule has 1 aliphatic rings. The van der Waals surface area contributed by atoms with E-state index in [9.17, 15) is 0 Å². The van der Waals surface area contributed by atoms with Crippen LogP contribution >= 0.6 is 0 Å². The van der Waals surface area contributed by atoms with E-state index in [0.717, 1.165) is 24.7 Å². The molecule has 0 aliphatic heterocycles. The van der Waals surface area contributed by atoms with Gasteiger partial charge >= 0.3 is 0 Å². The van der Waals surface area contributed by atoms with Crippen LogP contribution in [0.15, 0.2) is 12.4 Å². The highest BCUT2D eigenvalue weighted by Crippen LogP contribution is 2.43. The monoisotopic (exact) mass is 291 g/mol. The van der Waals surface area contributed by atoms with Crippen LogP contribution in [0.5, 0.6) is 5.88 Å². The van der Waals surface area contributed by atoms with Crippen LogP contribution in [0.3, 0.4) is 0 Å². The summed E-state index contributed by atoms with van der Waals surface area (Å²) >= 11 is 0. The Morgan fingerprint density at radius 1 is 1.24 bits per heavy atom. The average molecular weight is 291 g/mol. The van der Waals surface area contributed by atoms with Gasteiger partial charge in [0.2, 0.25) is 5.88 Å². The number of hydrogen-bond acceptors (Lipinski definition) is 4. The molecule has 0 spiro atoms. The van der Waals surface area contributed by atoms with Crippen LogP contribution in [-0.4, -0.2) is 30.2 Å². The number of nitrogens with one attached hydrogen (secondary N) is 1. The van der Waals surface area contributed by atoms with E-state index in [4.69, 9.17) is 4.74 Å². The van der Waals surface area contributed by atoms with E-state index in [0.29, 0.717) is 17.7 Å². The van der Waals surface area contributed by atoms with Gasteiger partial charge in [0.05, 0.1) is 7.11 Å². The summed E-state index contributed by atoms with van der Waals surface area (Å²) in [6.45, 7) is 6.54. The highest BCUT2D eigenvalue weighted by molar-refractivity contribution is 5.23. The Morgan fingerprint density at radius 3 is 2.76 bits per heavy atom. The molecule has 4 nitrogen and oxygen atoms in total. The van der Waals surface area contributed by atoms with Gasteiger partial charge in [-0.1, -0.05) is 33.1 Å². The van der Waals surface area contributed by atoms with Crippen LogP contribution in [-0.2, 0) is 0 Å². The molecule has 1 heterocycles. The van der Waals surface area contributed by atoms with Crippen molar-refractivity contribution in [2.75, 3.05) is 20.2 Å². The molecule has 3 atom stereocenters. The summed E-state index contributed by atoms with van der Waals surface area (Å²) < 4.78 is 5.45. The van der Waals surface area contributed by atoms with Crippen molar-refractivity contribution in [1.29, 1.82) is 0 Å². The van der Waals surface area contributed by atoms with Crippen molar-refractivity contribution in [3.8, 4) is 5.88 Å². The Bertz CT molecular complexity index is 424. The van der Waals surface area contributed by atoms with E-state index in [1.54, 1.807) is 19.5 Å². The minimum atomic E-state index is 0.470. The second kappa shape index (κ2) is 8.32.